The van der Waals surface area contributed by atoms with Crippen LogP contribution >= 0.6 is 11.3 Å². The third-order valence-corrected chi connectivity index (χ3v) is 5.77. The summed E-state index contributed by atoms with van der Waals surface area (Å²) in [5.74, 6) is 1.21. The summed E-state index contributed by atoms with van der Waals surface area (Å²) in [6.45, 7) is 3.15. The number of nitrogens with zero attached hydrogens (tertiary/aromatic N) is 3. The summed E-state index contributed by atoms with van der Waals surface area (Å²) in [6, 6.07) is 9.53. The molecule has 2 aromatic heterocycles. The molecule has 0 atom stereocenters. The van der Waals surface area contributed by atoms with Crippen LogP contribution < -0.4 is 19.7 Å². The third-order valence-electron chi connectivity index (χ3n) is 5.01. The largest absolute Gasteiger partial charge is 0.486 e. The van der Waals surface area contributed by atoms with Gasteiger partial charge in [-0.3, -0.25) is 15.1 Å². The van der Waals surface area contributed by atoms with Crippen molar-refractivity contribution in [1.82, 2.24) is 9.97 Å². The molecule has 148 valence electrons. The van der Waals surface area contributed by atoms with Gasteiger partial charge in [-0.15, -0.1) is 11.3 Å². The Morgan fingerprint density at radius 3 is 2.76 bits per heavy atom. The van der Waals surface area contributed by atoms with Crippen molar-refractivity contribution in [2.45, 2.75) is 12.8 Å². The standard InChI is InChI=1S/C21H20N4O3S/c26-20(16-12-15(5-6-22-16)25-7-1-2-8-25)24-21-23-17(13-29-21)14-3-4-18-19(11-14)28-10-9-27-18/h3-6,11-13H,1-2,7-10H2,(H,23,24,26). The van der Waals surface area contributed by atoms with Gasteiger partial charge in [0.15, 0.2) is 16.6 Å². The van der Waals surface area contributed by atoms with Gasteiger partial charge in [0.25, 0.3) is 5.91 Å². The Balaban J connectivity index is 1.31. The molecule has 0 saturated carbocycles. The molecular formula is C21H20N4O3S. The summed E-state index contributed by atoms with van der Waals surface area (Å²) in [4.78, 5) is 23.7. The van der Waals surface area contributed by atoms with Crippen LogP contribution in [0.2, 0.25) is 0 Å². The van der Waals surface area contributed by atoms with Gasteiger partial charge in [-0.25, -0.2) is 4.98 Å². The van der Waals surface area contributed by atoms with Crippen LogP contribution in [0.4, 0.5) is 10.8 Å². The van der Waals surface area contributed by atoms with Crippen LogP contribution in [0, 0.1) is 0 Å². The number of nitrogens with one attached hydrogen (secondary N) is 1. The minimum atomic E-state index is -0.255. The lowest BCUT2D eigenvalue weighted by Gasteiger charge is -2.18. The predicted molar refractivity (Wildman–Crippen MR) is 112 cm³/mol. The predicted octanol–water partition coefficient (Wildman–Crippen LogP) is 3.83. The zero-order valence-electron chi connectivity index (χ0n) is 15.8. The number of hydrogen-bond acceptors (Lipinski definition) is 7. The molecule has 8 heteroatoms. The number of carbonyl (C=O) groups is 1. The highest BCUT2D eigenvalue weighted by Gasteiger charge is 2.17. The molecule has 5 rings (SSSR count). The molecule has 1 amide bonds. The number of fused-ring (bicyclic) bond motifs is 1. The number of anilines is 2. The van der Waals surface area contributed by atoms with E-state index in [2.05, 4.69) is 20.2 Å². The molecule has 0 aliphatic carbocycles. The molecular weight excluding hydrogens is 388 g/mol. The van der Waals surface area contributed by atoms with Crippen molar-refractivity contribution >= 4 is 28.1 Å². The van der Waals surface area contributed by atoms with Crippen molar-refractivity contribution in [2.75, 3.05) is 36.5 Å². The number of benzene rings is 1. The number of hydrogen-bond donors (Lipinski definition) is 1. The van der Waals surface area contributed by atoms with Crippen molar-refractivity contribution in [3.05, 3.63) is 47.6 Å². The molecule has 1 N–H and O–H groups in total. The van der Waals surface area contributed by atoms with Crippen LogP contribution in [0.5, 0.6) is 11.5 Å². The van der Waals surface area contributed by atoms with E-state index >= 15 is 0 Å². The Labute approximate surface area is 172 Å². The summed E-state index contributed by atoms with van der Waals surface area (Å²) >= 11 is 1.38. The average Bonchev–Trinajstić information content (AvgIpc) is 3.46. The quantitative estimate of drug-likeness (QED) is 0.707. The van der Waals surface area contributed by atoms with Crippen molar-refractivity contribution in [2.24, 2.45) is 0 Å². The van der Waals surface area contributed by atoms with Crippen LogP contribution in [0.1, 0.15) is 23.3 Å². The smallest absolute Gasteiger partial charge is 0.276 e. The Kier molecular flexibility index (Phi) is 4.77. The Bertz CT molecular complexity index is 1050. The monoisotopic (exact) mass is 408 g/mol. The first-order valence-electron chi connectivity index (χ1n) is 9.64. The van der Waals surface area contributed by atoms with Gasteiger partial charge in [0.1, 0.15) is 18.9 Å². The molecule has 1 fully saturated rings. The van der Waals surface area contributed by atoms with Crippen molar-refractivity contribution in [3.63, 3.8) is 0 Å². The minimum Gasteiger partial charge on any atom is -0.486 e. The number of rotatable bonds is 4. The topological polar surface area (TPSA) is 76.6 Å². The first-order chi connectivity index (χ1) is 14.3. The van der Waals surface area contributed by atoms with Crippen LogP contribution in [0.15, 0.2) is 41.9 Å². The fourth-order valence-corrected chi connectivity index (χ4v) is 4.26. The van der Waals surface area contributed by atoms with Crippen LogP contribution in [0.25, 0.3) is 11.3 Å². The van der Waals surface area contributed by atoms with Gasteiger partial charge in [-0.1, -0.05) is 0 Å². The lowest BCUT2D eigenvalue weighted by atomic mass is 10.1. The third kappa shape index (κ3) is 3.75. The van der Waals surface area contributed by atoms with Crippen LogP contribution in [-0.2, 0) is 0 Å². The maximum atomic E-state index is 12.7. The summed E-state index contributed by atoms with van der Waals surface area (Å²) in [7, 11) is 0. The second-order valence-electron chi connectivity index (χ2n) is 6.94. The molecule has 3 aromatic rings. The lowest BCUT2D eigenvalue weighted by molar-refractivity contribution is 0.102. The Morgan fingerprint density at radius 2 is 1.90 bits per heavy atom. The van der Waals surface area contributed by atoms with E-state index in [0.29, 0.717) is 24.0 Å². The fourth-order valence-electron chi connectivity index (χ4n) is 3.54. The van der Waals surface area contributed by atoms with E-state index in [4.69, 9.17) is 9.47 Å². The molecule has 1 aromatic carbocycles. The van der Waals surface area contributed by atoms with Crippen molar-refractivity contribution in [1.29, 1.82) is 0 Å². The van der Waals surface area contributed by atoms with Gasteiger partial charge in [-0.2, -0.15) is 0 Å². The van der Waals surface area contributed by atoms with Gasteiger partial charge >= 0.3 is 0 Å². The maximum Gasteiger partial charge on any atom is 0.276 e. The number of amides is 1. The van der Waals surface area contributed by atoms with E-state index in [-0.39, 0.29) is 5.91 Å². The maximum absolute atomic E-state index is 12.7. The molecule has 29 heavy (non-hydrogen) atoms. The second kappa shape index (κ2) is 7.71. The second-order valence-corrected chi connectivity index (χ2v) is 7.80. The highest BCUT2D eigenvalue weighted by atomic mass is 32.1. The molecule has 1 saturated heterocycles. The summed E-state index contributed by atoms with van der Waals surface area (Å²) in [5, 5.41) is 5.31. The summed E-state index contributed by atoms with van der Waals surface area (Å²) < 4.78 is 11.2. The molecule has 4 heterocycles. The Morgan fingerprint density at radius 1 is 1.07 bits per heavy atom. The first-order valence-corrected chi connectivity index (χ1v) is 10.5. The molecule has 7 nitrogen and oxygen atoms in total. The van der Waals surface area contributed by atoms with E-state index in [1.165, 1.54) is 24.2 Å². The number of thiazole rings is 1. The molecule has 0 bridgehead atoms. The molecule has 0 radical (unpaired) electrons. The van der Waals surface area contributed by atoms with Gasteiger partial charge in [0.2, 0.25) is 0 Å². The van der Waals surface area contributed by atoms with E-state index in [0.717, 1.165) is 41.5 Å². The average molecular weight is 408 g/mol. The SMILES string of the molecule is O=C(Nc1nc(-c2ccc3c(c2)OCCO3)cs1)c1cc(N2CCCC2)ccn1. The number of ether oxygens (including phenoxy) is 2. The highest BCUT2D eigenvalue weighted by Crippen LogP contribution is 2.35. The van der Waals surface area contributed by atoms with Gasteiger partial charge in [0, 0.05) is 35.9 Å². The Hall–Kier alpha value is -3.13. The van der Waals surface area contributed by atoms with Gasteiger partial charge in [0.05, 0.1) is 5.69 Å². The van der Waals surface area contributed by atoms with Gasteiger partial charge < -0.3 is 14.4 Å². The lowest BCUT2D eigenvalue weighted by Crippen LogP contribution is -2.19. The summed E-state index contributed by atoms with van der Waals surface area (Å²) in [5.41, 5.74) is 3.13. The highest BCUT2D eigenvalue weighted by molar-refractivity contribution is 7.14. The molecule has 0 unspecified atom stereocenters. The molecule has 0 spiro atoms. The molecule has 2 aliphatic rings. The summed E-state index contributed by atoms with van der Waals surface area (Å²) in [6.07, 6.45) is 4.06. The van der Waals surface area contributed by atoms with E-state index in [1.807, 2.05) is 35.7 Å². The fraction of sp³-hybridized carbons (Fsp3) is 0.286. The number of pyridine rings is 1. The van der Waals surface area contributed by atoms with E-state index in [9.17, 15) is 4.79 Å². The van der Waals surface area contributed by atoms with Crippen LogP contribution in [0.3, 0.4) is 0 Å². The van der Waals surface area contributed by atoms with E-state index < -0.39 is 0 Å². The first kappa shape index (κ1) is 17.9. The molecule has 2 aliphatic heterocycles. The van der Waals surface area contributed by atoms with E-state index in [1.54, 1.807) is 6.20 Å². The number of carbonyl (C=O) groups excluding carboxylic acids is 1. The van der Waals surface area contributed by atoms with Gasteiger partial charge in [-0.05, 0) is 43.2 Å². The van der Waals surface area contributed by atoms with Crippen LogP contribution in [-0.4, -0.2) is 42.2 Å². The zero-order chi connectivity index (χ0) is 19.6. The normalized spacial score (nSPS) is 15.4. The zero-order valence-corrected chi connectivity index (χ0v) is 16.6. The van der Waals surface area contributed by atoms with Crippen molar-refractivity contribution in [3.8, 4) is 22.8 Å². The number of aromatic nitrogens is 2. The minimum absolute atomic E-state index is 0.255. The van der Waals surface area contributed by atoms with Crippen molar-refractivity contribution < 1.29 is 14.3 Å².